The van der Waals surface area contributed by atoms with Gasteiger partial charge in [-0.3, -0.25) is 0 Å². The van der Waals surface area contributed by atoms with Crippen LogP contribution in [-0.2, 0) is 11.3 Å². The van der Waals surface area contributed by atoms with Crippen molar-refractivity contribution in [1.29, 1.82) is 0 Å². The van der Waals surface area contributed by atoms with E-state index in [-0.39, 0.29) is 0 Å². The van der Waals surface area contributed by atoms with E-state index in [0.29, 0.717) is 0 Å². The molecule has 3 saturated heterocycles. The van der Waals surface area contributed by atoms with Crippen molar-refractivity contribution in [3.8, 4) is 0 Å². The van der Waals surface area contributed by atoms with Gasteiger partial charge in [-0.05, 0) is 0 Å². The first kappa shape index (κ1) is 9.92. The van der Waals surface area contributed by atoms with Gasteiger partial charge in [0.25, 0.3) is 0 Å². The monoisotopic (exact) mass is 249 g/mol. The molecule has 0 atom stereocenters. The van der Waals surface area contributed by atoms with Crippen molar-refractivity contribution >= 4 is 14.3 Å². The topological polar surface area (TPSA) is 30.9 Å². The average Bonchev–Trinajstić information content (AvgIpc) is 2.01. The summed E-state index contributed by atoms with van der Waals surface area (Å²) in [6, 6.07) is 0. The van der Waals surface area contributed by atoms with Crippen molar-refractivity contribution < 1.29 is 11.3 Å². The van der Waals surface area contributed by atoms with Crippen LogP contribution >= 0.6 is 0 Å². The predicted octanol–water partition coefficient (Wildman–Crippen LogP) is 0.324. The van der Waals surface area contributed by atoms with Crippen molar-refractivity contribution in [3.05, 3.63) is 0 Å². The summed E-state index contributed by atoms with van der Waals surface area (Å²) in [6.45, 7) is 7.59. The third-order valence-corrected chi connectivity index (χ3v) is 8.49. The van der Waals surface area contributed by atoms with Crippen LogP contribution < -0.4 is 0 Å². The number of rotatable bonds is 1. The molecule has 0 aromatic heterocycles. The Bertz CT molecular complexity index is 152. The summed E-state index contributed by atoms with van der Waals surface area (Å²) in [6.07, 6.45) is 0. The van der Waals surface area contributed by atoms with Gasteiger partial charge in [0, 0.05) is 0 Å². The molecule has 3 aliphatic rings. The Morgan fingerprint density at radius 2 is 1.46 bits per heavy atom. The van der Waals surface area contributed by atoms with Gasteiger partial charge in [0.1, 0.15) is 0 Å². The van der Waals surface area contributed by atoms with Crippen molar-refractivity contribution in [1.82, 2.24) is 4.90 Å². The molecule has 4 nitrogen and oxygen atoms in total. The van der Waals surface area contributed by atoms with Gasteiger partial charge in [-0.15, -0.1) is 0 Å². The van der Waals surface area contributed by atoms with Crippen LogP contribution in [0.1, 0.15) is 6.92 Å². The van der Waals surface area contributed by atoms with Gasteiger partial charge in [-0.25, -0.2) is 0 Å². The Kier molecular flexibility index (Phi) is 3.26. The third-order valence-electron chi connectivity index (χ3n) is 2.62. The van der Waals surface area contributed by atoms with Crippen molar-refractivity contribution in [2.75, 3.05) is 39.5 Å². The molecule has 2 bridgehead atoms. The molecular formula is C8H17GeNO3. The van der Waals surface area contributed by atoms with Gasteiger partial charge in [0.2, 0.25) is 0 Å². The molecule has 3 heterocycles. The zero-order valence-electron chi connectivity index (χ0n) is 8.12. The molecule has 0 unspecified atom stereocenters. The van der Waals surface area contributed by atoms with E-state index in [1.165, 1.54) is 0 Å². The van der Waals surface area contributed by atoms with Gasteiger partial charge < -0.3 is 0 Å². The zero-order valence-corrected chi connectivity index (χ0v) is 10.2. The third kappa shape index (κ3) is 2.25. The maximum atomic E-state index is 5.79. The Hall–Kier alpha value is 0.383. The molecule has 3 rings (SSSR count). The molecule has 13 heavy (non-hydrogen) atoms. The second-order valence-corrected chi connectivity index (χ2v) is 9.59. The molecule has 0 amide bonds. The van der Waals surface area contributed by atoms with Crippen LogP contribution in [0.25, 0.3) is 0 Å². The van der Waals surface area contributed by atoms with Crippen LogP contribution in [0.4, 0.5) is 0 Å². The first-order valence-electron chi connectivity index (χ1n) is 4.99. The first-order valence-corrected chi connectivity index (χ1v) is 9.04. The fourth-order valence-corrected chi connectivity index (χ4v) is 6.10. The summed E-state index contributed by atoms with van der Waals surface area (Å²) in [4.78, 5) is 2.33. The van der Waals surface area contributed by atoms with Gasteiger partial charge in [-0.1, -0.05) is 0 Å². The van der Waals surface area contributed by atoms with Crippen LogP contribution in [-0.4, -0.2) is 58.6 Å². The minimum absolute atomic E-state index is 0.786. The number of fused-ring (bicyclic) bond motifs is 6. The fraction of sp³-hybridized carbons (Fsp3) is 1.00. The van der Waals surface area contributed by atoms with E-state index < -0.39 is 14.3 Å². The van der Waals surface area contributed by atoms with E-state index in [0.717, 1.165) is 44.7 Å². The summed E-state index contributed by atoms with van der Waals surface area (Å²) >= 11 is -2.75. The summed E-state index contributed by atoms with van der Waals surface area (Å²) in [5.41, 5.74) is 0. The number of hydrogen-bond donors (Lipinski definition) is 0. The Morgan fingerprint density at radius 1 is 1.00 bits per heavy atom. The van der Waals surface area contributed by atoms with Gasteiger partial charge in [0.15, 0.2) is 0 Å². The van der Waals surface area contributed by atoms with Crippen LogP contribution in [0, 0.1) is 0 Å². The molecule has 0 N–H and O–H groups in total. The van der Waals surface area contributed by atoms with E-state index in [2.05, 4.69) is 11.8 Å². The summed E-state index contributed by atoms with van der Waals surface area (Å²) < 4.78 is 17.4. The average molecular weight is 248 g/mol. The van der Waals surface area contributed by atoms with Gasteiger partial charge in [-0.2, -0.15) is 0 Å². The van der Waals surface area contributed by atoms with Crippen LogP contribution in [0.15, 0.2) is 0 Å². The maximum absolute atomic E-state index is 5.79. The molecule has 0 aromatic rings. The number of nitrogens with zero attached hydrogens (tertiary/aromatic N) is 1. The SMILES string of the molecule is C[CH2][Ge]12[O]CCN(CC[O]1)CC[O]2. The van der Waals surface area contributed by atoms with E-state index in [9.17, 15) is 0 Å². The van der Waals surface area contributed by atoms with E-state index in [1.807, 2.05) is 0 Å². The number of hydrogen-bond acceptors (Lipinski definition) is 4. The van der Waals surface area contributed by atoms with Gasteiger partial charge in [0.05, 0.1) is 0 Å². The molecule has 76 valence electrons. The second kappa shape index (κ2) is 4.27. The second-order valence-electron chi connectivity index (χ2n) is 3.42. The van der Waals surface area contributed by atoms with Crippen LogP contribution in [0.5, 0.6) is 0 Å². The molecule has 0 radical (unpaired) electrons. The normalized spacial score (nSPS) is 40.8. The first-order chi connectivity index (χ1) is 6.35. The van der Waals surface area contributed by atoms with E-state index >= 15 is 0 Å². The summed E-state index contributed by atoms with van der Waals surface area (Å²) in [7, 11) is 0. The Morgan fingerprint density at radius 3 is 1.85 bits per heavy atom. The van der Waals surface area contributed by atoms with E-state index in [1.54, 1.807) is 0 Å². The minimum atomic E-state index is -2.75. The predicted molar refractivity (Wildman–Crippen MR) is 50.5 cm³/mol. The van der Waals surface area contributed by atoms with E-state index in [4.69, 9.17) is 11.3 Å². The standard InChI is InChI=1S/C8H17GeNO3/c1-2-9-11-6-3-10(4-7-12-9)5-8-13-9/h2-8H2,1H3. The van der Waals surface area contributed by atoms with Crippen molar-refractivity contribution in [2.45, 2.75) is 12.2 Å². The van der Waals surface area contributed by atoms with Crippen LogP contribution in [0.3, 0.4) is 0 Å². The van der Waals surface area contributed by atoms with Crippen molar-refractivity contribution in [2.24, 2.45) is 0 Å². The Labute approximate surface area is 82.5 Å². The molecule has 0 aromatic carbocycles. The van der Waals surface area contributed by atoms with Crippen molar-refractivity contribution in [3.63, 3.8) is 0 Å². The molecule has 0 aliphatic carbocycles. The molecule has 0 saturated carbocycles. The molecular weight excluding hydrogens is 231 g/mol. The van der Waals surface area contributed by atoms with Crippen LogP contribution in [0.2, 0.25) is 5.25 Å². The summed E-state index contributed by atoms with van der Waals surface area (Å²) in [5, 5.41) is 0.944. The fourth-order valence-electron chi connectivity index (χ4n) is 1.76. The zero-order chi connectivity index (χ0) is 9.15. The molecule has 0 spiro atoms. The Balaban J connectivity index is 2.07. The quantitative estimate of drug-likeness (QED) is 0.625. The summed E-state index contributed by atoms with van der Waals surface area (Å²) in [5.74, 6) is 0. The van der Waals surface area contributed by atoms with Gasteiger partial charge >= 0.3 is 82.1 Å². The molecule has 3 aliphatic heterocycles. The molecule has 5 heteroatoms. The molecule has 3 fully saturated rings.